The van der Waals surface area contributed by atoms with Gasteiger partial charge in [-0.3, -0.25) is 4.79 Å². The number of carbonyl (C=O) groups excluding carboxylic acids is 2. The molecule has 3 amide bonds. The summed E-state index contributed by atoms with van der Waals surface area (Å²) in [6.07, 6.45) is 3.14. The van der Waals surface area contributed by atoms with Gasteiger partial charge in [0, 0.05) is 24.7 Å². The Labute approximate surface area is 136 Å². The van der Waals surface area contributed by atoms with Gasteiger partial charge in [0.05, 0.1) is 0 Å². The summed E-state index contributed by atoms with van der Waals surface area (Å²) in [4.78, 5) is 26.1. The molecule has 1 aromatic rings. The molecule has 0 aromatic heterocycles. The zero-order valence-electron chi connectivity index (χ0n) is 13.6. The van der Waals surface area contributed by atoms with Crippen molar-refractivity contribution in [2.75, 3.05) is 6.54 Å². The molecule has 1 fully saturated rings. The highest BCUT2D eigenvalue weighted by atomic mass is 19.1. The van der Waals surface area contributed by atoms with Crippen LogP contribution in [0.25, 0.3) is 0 Å². The van der Waals surface area contributed by atoms with Crippen LogP contribution in [0.4, 0.5) is 9.18 Å². The molecule has 2 N–H and O–H groups in total. The molecule has 2 atom stereocenters. The van der Waals surface area contributed by atoms with Crippen molar-refractivity contribution in [1.82, 2.24) is 15.5 Å². The molecule has 0 spiro atoms. The van der Waals surface area contributed by atoms with Crippen molar-refractivity contribution in [2.24, 2.45) is 0 Å². The highest BCUT2D eigenvalue weighted by Crippen LogP contribution is 2.17. The first-order valence-corrected chi connectivity index (χ1v) is 8.07. The molecule has 5 nitrogen and oxygen atoms in total. The van der Waals surface area contributed by atoms with Gasteiger partial charge in [0.15, 0.2) is 0 Å². The van der Waals surface area contributed by atoms with Gasteiger partial charge in [-0.2, -0.15) is 0 Å². The van der Waals surface area contributed by atoms with E-state index in [0.717, 1.165) is 25.8 Å². The normalized spacial score (nSPS) is 19.1. The minimum atomic E-state index is -0.601. The Morgan fingerprint density at radius 2 is 2.09 bits per heavy atom. The zero-order valence-corrected chi connectivity index (χ0v) is 13.6. The molecular formula is C17H24FN3O2. The fourth-order valence-corrected chi connectivity index (χ4v) is 2.80. The number of nitrogens with zero attached hydrogens (tertiary/aromatic N) is 1. The number of nitrogens with one attached hydrogen (secondary N) is 2. The molecule has 1 aliphatic heterocycles. The number of urea groups is 1. The summed E-state index contributed by atoms with van der Waals surface area (Å²) >= 11 is 0. The first-order chi connectivity index (χ1) is 11.0. The van der Waals surface area contributed by atoms with Crippen molar-refractivity contribution in [3.05, 3.63) is 35.6 Å². The van der Waals surface area contributed by atoms with Gasteiger partial charge in [-0.05, 0) is 39.2 Å². The van der Waals surface area contributed by atoms with Crippen LogP contribution in [0.1, 0.15) is 38.7 Å². The monoisotopic (exact) mass is 321 g/mol. The number of hydrogen-bond donors (Lipinski definition) is 2. The number of halogens is 1. The highest BCUT2D eigenvalue weighted by molar-refractivity contribution is 5.87. The molecule has 0 saturated carbocycles. The minimum absolute atomic E-state index is 0.0711. The van der Waals surface area contributed by atoms with Gasteiger partial charge in [-0.15, -0.1) is 0 Å². The Morgan fingerprint density at radius 3 is 2.78 bits per heavy atom. The third-order valence-electron chi connectivity index (χ3n) is 4.20. The second-order valence-electron chi connectivity index (χ2n) is 6.02. The Kier molecular flexibility index (Phi) is 5.96. The molecule has 1 saturated heterocycles. The zero-order chi connectivity index (χ0) is 16.8. The number of benzene rings is 1. The van der Waals surface area contributed by atoms with E-state index in [1.165, 1.54) is 6.07 Å². The van der Waals surface area contributed by atoms with Crippen LogP contribution >= 0.6 is 0 Å². The van der Waals surface area contributed by atoms with Crippen LogP contribution in [0.3, 0.4) is 0 Å². The second-order valence-corrected chi connectivity index (χ2v) is 6.02. The number of piperidine rings is 1. The number of likely N-dealkylation sites (tertiary alicyclic amines) is 1. The van der Waals surface area contributed by atoms with Crippen molar-refractivity contribution in [1.29, 1.82) is 0 Å². The summed E-state index contributed by atoms with van der Waals surface area (Å²) in [5.41, 5.74) is 0.409. The van der Waals surface area contributed by atoms with Crippen LogP contribution < -0.4 is 10.6 Å². The molecule has 6 heteroatoms. The summed E-state index contributed by atoms with van der Waals surface area (Å²) in [7, 11) is 0. The van der Waals surface area contributed by atoms with Crippen LogP contribution in [0, 0.1) is 5.82 Å². The first-order valence-electron chi connectivity index (χ1n) is 8.07. The van der Waals surface area contributed by atoms with Gasteiger partial charge in [-0.1, -0.05) is 18.2 Å². The summed E-state index contributed by atoms with van der Waals surface area (Å²) in [6.45, 7) is 4.52. The van der Waals surface area contributed by atoms with Crippen LogP contribution in [0.2, 0.25) is 0 Å². The molecule has 0 aliphatic carbocycles. The maximum absolute atomic E-state index is 13.5. The standard InChI is InChI=1S/C17H24FN3O2/c1-12-7-5-6-10-21(12)16(22)13(2)20-17(23)19-11-14-8-3-4-9-15(14)18/h3-4,8-9,12-13H,5-7,10-11H2,1-2H3,(H2,19,20,23)/t12-,13+/m0/s1. The summed E-state index contributed by atoms with van der Waals surface area (Å²) < 4.78 is 13.5. The third-order valence-corrected chi connectivity index (χ3v) is 4.20. The van der Waals surface area contributed by atoms with E-state index in [1.54, 1.807) is 25.1 Å². The van der Waals surface area contributed by atoms with E-state index in [9.17, 15) is 14.0 Å². The number of carbonyl (C=O) groups is 2. The van der Waals surface area contributed by atoms with Gasteiger partial charge < -0.3 is 15.5 Å². The van der Waals surface area contributed by atoms with E-state index in [1.807, 2.05) is 11.8 Å². The van der Waals surface area contributed by atoms with Crippen molar-refractivity contribution in [3.8, 4) is 0 Å². The van der Waals surface area contributed by atoms with Crippen molar-refractivity contribution in [3.63, 3.8) is 0 Å². The predicted octanol–water partition coefficient (Wildman–Crippen LogP) is 2.41. The number of hydrogen-bond acceptors (Lipinski definition) is 2. The Morgan fingerprint density at radius 1 is 1.35 bits per heavy atom. The average molecular weight is 321 g/mol. The lowest BCUT2D eigenvalue weighted by molar-refractivity contribution is -0.136. The van der Waals surface area contributed by atoms with Gasteiger partial charge >= 0.3 is 6.03 Å². The fraction of sp³-hybridized carbons (Fsp3) is 0.529. The summed E-state index contributed by atoms with van der Waals surface area (Å²) in [5, 5.41) is 5.20. The maximum Gasteiger partial charge on any atom is 0.315 e. The van der Waals surface area contributed by atoms with Crippen molar-refractivity contribution in [2.45, 2.75) is 51.7 Å². The molecule has 0 bridgehead atoms. The van der Waals surface area contributed by atoms with E-state index >= 15 is 0 Å². The van der Waals surface area contributed by atoms with Crippen molar-refractivity contribution < 1.29 is 14.0 Å². The Balaban J connectivity index is 1.82. The van der Waals surface area contributed by atoms with E-state index in [4.69, 9.17) is 0 Å². The van der Waals surface area contributed by atoms with E-state index < -0.39 is 12.1 Å². The molecule has 1 aliphatic rings. The topological polar surface area (TPSA) is 61.4 Å². The minimum Gasteiger partial charge on any atom is -0.338 e. The van der Waals surface area contributed by atoms with Gasteiger partial charge in [0.1, 0.15) is 11.9 Å². The molecule has 1 heterocycles. The van der Waals surface area contributed by atoms with Crippen molar-refractivity contribution >= 4 is 11.9 Å². The Bertz CT molecular complexity index is 565. The molecule has 23 heavy (non-hydrogen) atoms. The lowest BCUT2D eigenvalue weighted by Crippen LogP contribution is -2.53. The lowest BCUT2D eigenvalue weighted by Gasteiger charge is -2.35. The molecule has 1 aromatic carbocycles. The molecular weight excluding hydrogens is 297 g/mol. The first kappa shape index (κ1) is 17.2. The number of amides is 3. The third kappa shape index (κ3) is 4.68. The number of rotatable bonds is 4. The van der Waals surface area contributed by atoms with E-state index in [2.05, 4.69) is 10.6 Å². The van der Waals surface area contributed by atoms with Gasteiger partial charge in [-0.25, -0.2) is 9.18 Å². The molecule has 0 unspecified atom stereocenters. The van der Waals surface area contributed by atoms with Gasteiger partial charge in [0.25, 0.3) is 0 Å². The van der Waals surface area contributed by atoms with Crippen LogP contribution in [0.5, 0.6) is 0 Å². The smallest absolute Gasteiger partial charge is 0.315 e. The van der Waals surface area contributed by atoms with E-state index in [-0.39, 0.29) is 24.3 Å². The summed E-state index contributed by atoms with van der Waals surface area (Å²) in [5.74, 6) is -0.433. The maximum atomic E-state index is 13.5. The largest absolute Gasteiger partial charge is 0.338 e. The summed E-state index contributed by atoms with van der Waals surface area (Å²) in [6, 6.07) is 5.40. The SMILES string of the molecule is C[C@@H](NC(=O)NCc1ccccc1F)C(=O)N1CCCC[C@@H]1C. The van der Waals surface area contributed by atoms with E-state index in [0.29, 0.717) is 5.56 Å². The van der Waals surface area contributed by atoms with Gasteiger partial charge in [0.2, 0.25) is 5.91 Å². The fourth-order valence-electron chi connectivity index (χ4n) is 2.80. The molecule has 2 rings (SSSR count). The average Bonchev–Trinajstić information content (AvgIpc) is 2.54. The van der Waals surface area contributed by atoms with Crippen LogP contribution in [-0.2, 0) is 11.3 Å². The quantitative estimate of drug-likeness (QED) is 0.894. The molecule has 126 valence electrons. The Hall–Kier alpha value is -2.11. The van der Waals surface area contributed by atoms with Crippen LogP contribution in [0.15, 0.2) is 24.3 Å². The lowest BCUT2D eigenvalue weighted by atomic mass is 10.0. The highest BCUT2D eigenvalue weighted by Gasteiger charge is 2.27. The predicted molar refractivity (Wildman–Crippen MR) is 86.3 cm³/mol. The molecule has 0 radical (unpaired) electrons. The van der Waals surface area contributed by atoms with Crippen LogP contribution in [-0.4, -0.2) is 35.5 Å². The second kappa shape index (κ2) is 7.94.